The van der Waals surface area contributed by atoms with Crippen LogP contribution in [-0.2, 0) is 22.5 Å². The monoisotopic (exact) mass is 447 g/mol. The molecule has 0 bridgehead atoms. The Hall–Kier alpha value is -1.64. The summed E-state index contributed by atoms with van der Waals surface area (Å²) in [6, 6.07) is 2.14. The van der Waals surface area contributed by atoms with Crippen molar-refractivity contribution in [1.29, 1.82) is 0 Å². The van der Waals surface area contributed by atoms with Gasteiger partial charge in [-0.2, -0.15) is 0 Å². The fourth-order valence-corrected chi connectivity index (χ4v) is 6.04. The molecule has 0 spiro atoms. The SMILES string of the molecule is CCNC(=NCC(=O)N1CCc2sccc2C1)NCC1(N2CCOCC2)CCCCC1. The fraction of sp³-hybridized carbons (Fsp3) is 0.739. The summed E-state index contributed by atoms with van der Waals surface area (Å²) in [7, 11) is 0. The van der Waals surface area contributed by atoms with E-state index in [1.54, 1.807) is 11.3 Å². The van der Waals surface area contributed by atoms with Crippen LogP contribution in [0.1, 0.15) is 49.5 Å². The van der Waals surface area contributed by atoms with Gasteiger partial charge in [-0.05, 0) is 43.2 Å². The van der Waals surface area contributed by atoms with Crippen molar-refractivity contribution < 1.29 is 9.53 Å². The van der Waals surface area contributed by atoms with Crippen molar-refractivity contribution in [3.05, 3.63) is 21.9 Å². The van der Waals surface area contributed by atoms with Crippen LogP contribution in [0, 0.1) is 0 Å². The maximum Gasteiger partial charge on any atom is 0.244 e. The van der Waals surface area contributed by atoms with E-state index in [4.69, 9.17) is 4.74 Å². The van der Waals surface area contributed by atoms with E-state index in [0.717, 1.165) is 64.9 Å². The van der Waals surface area contributed by atoms with Crippen LogP contribution >= 0.6 is 11.3 Å². The zero-order chi connectivity index (χ0) is 21.5. The molecule has 172 valence electrons. The van der Waals surface area contributed by atoms with Crippen LogP contribution in [0.5, 0.6) is 0 Å². The molecule has 1 aliphatic carbocycles. The lowest BCUT2D eigenvalue weighted by molar-refractivity contribution is -0.130. The summed E-state index contributed by atoms with van der Waals surface area (Å²) in [5, 5.41) is 9.05. The highest BCUT2D eigenvalue weighted by Crippen LogP contribution is 2.33. The standard InChI is InChI=1S/C23H37N5O2S/c1-2-24-22(25-16-21(29)27-10-6-20-19(17-27)7-15-31-20)26-18-23(8-4-3-5-9-23)28-11-13-30-14-12-28/h7,15H,2-6,8-14,16-18H2,1H3,(H2,24,25,26). The van der Waals surface area contributed by atoms with E-state index in [2.05, 4.69) is 38.9 Å². The van der Waals surface area contributed by atoms with Crippen LogP contribution in [0.3, 0.4) is 0 Å². The van der Waals surface area contributed by atoms with E-state index >= 15 is 0 Å². The molecule has 3 heterocycles. The van der Waals surface area contributed by atoms with Gasteiger partial charge in [0.15, 0.2) is 5.96 Å². The lowest BCUT2D eigenvalue weighted by atomic mass is 9.80. The molecule has 0 radical (unpaired) electrons. The van der Waals surface area contributed by atoms with Gasteiger partial charge in [-0.15, -0.1) is 11.3 Å². The first-order chi connectivity index (χ1) is 15.2. The molecule has 1 aromatic rings. The topological polar surface area (TPSA) is 69.2 Å². The number of hydrogen-bond donors (Lipinski definition) is 2. The molecule has 4 rings (SSSR count). The summed E-state index contributed by atoms with van der Waals surface area (Å²) in [6.45, 7) is 9.10. The normalized spacial score (nSPS) is 22.1. The highest BCUT2D eigenvalue weighted by molar-refractivity contribution is 7.10. The molecule has 0 aromatic carbocycles. The quantitative estimate of drug-likeness (QED) is 0.517. The lowest BCUT2D eigenvalue weighted by Gasteiger charge is -2.48. The van der Waals surface area contributed by atoms with Crippen molar-refractivity contribution >= 4 is 23.2 Å². The highest BCUT2D eigenvalue weighted by Gasteiger charge is 2.38. The lowest BCUT2D eigenvalue weighted by Crippen LogP contribution is -2.60. The van der Waals surface area contributed by atoms with E-state index in [9.17, 15) is 4.79 Å². The van der Waals surface area contributed by atoms with Gasteiger partial charge in [0.1, 0.15) is 6.54 Å². The van der Waals surface area contributed by atoms with Crippen molar-refractivity contribution in [1.82, 2.24) is 20.4 Å². The first-order valence-electron chi connectivity index (χ1n) is 11.9. The van der Waals surface area contributed by atoms with Crippen molar-refractivity contribution in [3.8, 4) is 0 Å². The molecule has 7 nitrogen and oxygen atoms in total. The van der Waals surface area contributed by atoms with Crippen molar-refractivity contribution in [2.75, 3.05) is 52.5 Å². The molecule has 1 aromatic heterocycles. The number of thiophene rings is 1. The van der Waals surface area contributed by atoms with Gasteiger partial charge >= 0.3 is 0 Å². The van der Waals surface area contributed by atoms with Crippen molar-refractivity contribution in [3.63, 3.8) is 0 Å². The number of nitrogens with zero attached hydrogens (tertiary/aromatic N) is 3. The zero-order valence-corrected chi connectivity index (χ0v) is 19.6. The van der Waals surface area contributed by atoms with Crippen LogP contribution in [-0.4, -0.2) is 79.7 Å². The number of guanidine groups is 1. The summed E-state index contributed by atoms with van der Waals surface area (Å²) in [4.78, 5) is 23.4. The average Bonchev–Trinajstić information content (AvgIpc) is 3.30. The first-order valence-corrected chi connectivity index (χ1v) is 12.8. The number of nitrogens with one attached hydrogen (secondary N) is 2. The number of aliphatic imine (C=N–C) groups is 1. The number of ether oxygens (including phenoxy) is 1. The van der Waals surface area contributed by atoms with Gasteiger partial charge in [-0.1, -0.05) is 19.3 Å². The predicted molar refractivity (Wildman–Crippen MR) is 126 cm³/mol. The fourth-order valence-electron chi connectivity index (χ4n) is 5.15. The molecule has 31 heavy (non-hydrogen) atoms. The second kappa shape index (κ2) is 10.8. The van der Waals surface area contributed by atoms with Gasteiger partial charge in [-0.25, -0.2) is 4.99 Å². The zero-order valence-electron chi connectivity index (χ0n) is 18.8. The van der Waals surface area contributed by atoms with Gasteiger partial charge in [-0.3, -0.25) is 9.69 Å². The minimum atomic E-state index is 0.106. The Morgan fingerprint density at radius 1 is 1.19 bits per heavy atom. The number of fused-ring (bicyclic) bond motifs is 1. The Morgan fingerprint density at radius 2 is 2.00 bits per heavy atom. The van der Waals surface area contributed by atoms with Gasteiger partial charge in [0.2, 0.25) is 5.91 Å². The molecule has 1 saturated carbocycles. The Kier molecular flexibility index (Phi) is 7.85. The molecule has 2 N–H and O–H groups in total. The smallest absolute Gasteiger partial charge is 0.244 e. The largest absolute Gasteiger partial charge is 0.379 e. The van der Waals surface area contributed by atoms with Crippen LogP contribution < -0.4 is 10.6 Å². The second-order valence-electron chi connectivity index (χ2n) is 8.87. The van der Waals surface area contributed by atoms with Gasteiger partial charge in [0.05, 0.1) is 13.2 Å². The molecular weight excluding hydrogens is 410 g/mol. The minimum absolute atomic E-state index is 0.106. The van der Waals surface area contributed by atoms with Gasteiger partial charge < -0.3 is 20.3 Å². The van der Waals surface area contributed by atoms with Crippen molar-refractivity contribution in [2.24, 2.45) is 4.99 Å². The van der Waals surface area contributed by atoms with E-state index in [1.165, 1.54) is 42.5 Å². The van der Waals surface area contributed by atoms with E-state index in [1.807, 2.05) is 4.90 Å². The molecule has 8 heteroatoms. The van der Waals surface area contributed by atoms with Crippen molar-refractivity contribution in [2.45, 2.75) is 57.5 Å². The van der Waals surface area contributed by atoms with Gasteiger partial charge in [0.25, 0.3) is 0 Å². The highest BCUT2D eigenvalue weighted by atomic mass is 32.1. The van der Waals surface area contributed by atoms with Crippen LogP contribution in [0.25, 0.3) is 0 Å². The summed E-state index contributed by atoms with van der Waals surface area (Å²) < 4.78 is 5.60. The third kappa shape index (κ3) is 5.59. The number of rotatable bonds is 6. The maximum absolute atomic E-state index is 12.8. The predicted octanol–water partition coefficient (Wildman–Crippen LogP) is 2.22. The van der Waals surface area contributed by atoms with Crippen LogP contribution in [0.2, 0.25) is 0 Å². The summed E-state index contributed by atoms with van der Waals surface area (Å²) in [6.07, 6.45) is 7.29. The Labute approximate surface area is 190 Å². The molecule has 3 aliphatic rings. The minimum Gasteiger partial charge on any atom is -0.379 e. The summed E-state index contributed by atoms with van der Waals surface area (Å²) in [5.74, 6) is 0.858. The number of amides is 1. The average molecular weight is 448 g/mol. The maximum atomic E-state index is 12.8. The summed E-state index contributed by atoms with van der Waals surface area (Å²) >= 11 is 1.80. The van der Waals surface area contributed by atoms with Crippen LogP contribution in [0.4, 0.5) is 0 Å². The van der Waals surface area contributed by atoms with Gasteiger partial charge in [0, 0.05) is 49.7 Å². The molecule has 1 saturated heterocycles. The molecular formula is C23H37N5O2S. The van der Waals surface area contributed by atoms with E-state index in [0.29, 0.717) is 0 Å². The molecule has 2 fully saturated rings. The third-order valence-electron chi connectivity index (χ3n) is 6.93. The number of carbonyl (C=O) groups excluding carboxylic acids is 1. The Morgan fingerprint density at radius 3 is 2.77 bits per heavy atom. The van der Waals surface area contributed by atoms with E-state index in [-0.39, 0.29) is 18.0 Å². The third-order valence-corrected chi connectivity index (χ3v) is 7.95. The second-order valence-corrected chi connectivity index (χ2v) is 9.87. The number of hydrogen-bond acceptors (Lipinski definition) is 5. The first kappa shape index (κ1) is 22.6. The molecule has 1 amide bonds. The number of morpholine rings is 1. The van der Waals surface area contributed by atoms with Crippen LogP contribution in [0.15, 0.2) is 16.4 Å². The molecule has 0 unspecified atom stereocenters. The summed E-state index contributed by atoms with van der Waals surface area (Å²) in [5.41, 5.74) is 1.47. The Balaban J connectivity index is 1.36. The Bertz CT molecular complexity index is 753. The molecule has 2 aliphatic heterocycles. The number of carbonyl (C=O) groups is 1. The molecule has 0 atom stereocenters. The van der Waals surface area contributed by atoms with E-state index < -0.39 is 0 Å².